The van der Waals surface area contributed by atoms with E-state index in [1.54, 1.807) is 6.92 Å². The highest BCUT2D eigenvalue weighted by atomic mass is 16.3. The molecular formula is C6H11NO. The Bertz CT molecular complexity index is 101. The van der Waals surface area contributed by atoms with E-state index in [9.17, 15) is 0 Å². The third-order valence-electron chi connectivity index (χ3n) is 0.776. The van der Waals surface area contributed by atoms with Crippen LogP contribution in [-0.4, -0.2) is 17.8 Å². The number of aliphatic hydroxyl groups excluding tert-OH is 1. The molecule has 2 heteroatoms. The number of aliphatic hydroxyl groups is 1. The minimum absolute atomic E-state index is 0.0225. The summed E-state index contributed by atoms with van der Waals surface area (Å²) >= 11 is 0. The Morgan fingerprint density at radius 3 is 2.75 bits per heavy atom. The van der Waals surface area contributed by atoms with Crippen LogP contribution in [0.2, 0.25) is 0 Å². The SMILES string of the molecule is CC#CC[C@H](N)CO. The van der Waals surface area contributed by atoms with Crippen molar-refractivity contribution in [2.24, 2.45) is 5.73 Å². The van der Waals surface area contributed by atoms with Gasteiger partial charge in [-0.2, -0.15) is 0 Å². The van der Waals surface area contributed by atoms with Crippen molar-refractivity contribution < 1.29 is 5.11 Å². The van der Waals surface area contributed by atoms with Gasteiger partial charge in [-0.1, -0.05) is 0 Å². The molecule has 0 rings (SSSR count). The maximum absolute atomic E-state index is 8.37. The summed E-state index contributed by atoms with van der Waals surface area (Å²) in [7, 11) is 0. The summed E-state index contributed by atoms with van der Waals surface area (Å²) < 4.78 is 0. The smallest absolute Gasteiger partial charge is 0.0591 e. The van der Waals surface area contributed by atoms with Gasteiger partial charge in [-0.3, -0.25) is 0 Å². The predicted molar refractivity (Wildman–Crippen MR) is 33.1 cm³/mol. The second-order valence-corrected chi connectivity index (χ2v) is 1.57. The van der Waals surface area contributed by atoms with E-state index in [-0.39, 0.29) is 12.6 Å². The van der Waals surface area contributed by atoms with Gasteiger partial charge in [0.05, 0.1) is 6.61 Å². The van der Waals surface area contributed by atoms with E-state index < -0.39 is 0 Å². The first-order valence-corrected chi connectivity index (χ1v) is 2.57. The predicted octanol–water partition coefficient (Wildman–Crippen LogP) is -0.281. The number of hydrogen-bond donors (Lipinski definition) is 2. The maximum Gasteiger partial charge on any atom is 0.0591 e. The molecule has 0 unspecified atom stereocenters. The van der Waals surface area contributed by atoms with Gasteiger partial charge in [-0.25, -0.2) is 0 Å². The first-order valence-electron chi connectivity index (χ1n) is 2.57. The maximum atomic E-state index is 8.37. The van der Waals surface area contributed by atoms with Crippen LogP contribution in [-0.2, 0) is 0 Å². The summed E-state index contributed by atoms with van der Waals surface area (Å²) in [4.78, 5) is 0. The Morgan fingerprint density at radius 1 is 1.75 bits per heavy atom. The molecule has 0 aromatic rings. The molecule has 0 saturated heterocycles. The van der Waals surface area contributed by atoms with Crippen LogP contribution in [0.1, 0.15) is 13.3 Å². The molecule has 3 N–H and O–H groups in total. The lowest BCUT2D eigenvalue weighted by Crippen LogP contribution is -2.23. The fourth-order valence-electron chi connectivity index (χ4n) is 0.298. The molecule has 8 heavy (non-hydrogen) atoms. The van der Waals surface area contributed by atoms with Crippen molar-refractivity contribution in [2.45, 2.75) is 19.4 Å². The quantitative estimate of drug-likeness (QED) is 0.484. The summed E-state index contributed by atoms with van der Waals surface area (Å²) in [5.74, 6) is 5.46. The van der Waals surface area contributed by atoms with Gasteiger partial charge in [-0.15, -0.1) is 11.8 Å². The van der Waals surface area contributed by atoms with E-state index in [2.05, 4.69) is 11.8 Å². The zero-order valence-electron chi connectivity index (χ0n) is 5.02. The van der Waals surface area contributed by atoms with Gasteiger partial charge in [0, 0.05) is 12.5 Å². The second-order valence-electron chi connectivity index (χ2n) is 1.57. The largest absolute Gasteiger partial charge is 0.395 e. The second kappa shape index (κ2) is 4.63. The van der Waals surface area contributed by atoms with Gasteiger partial charge in [0.25, 0.3) is 0 Å². The van der Waals surface area contributed by atoms with Crippen molar-refractivity contribution >= 4 is 0 Å². The Kier molecular flexibility index (Phi) is 4.33. The third-order valence-corrected chi connectivity index (χ3v) is 0.776. The number of rotatable bonds is 2. The minimum atomic E-state index is -0.164. The van der Waals surface area contributed by atoms with Crippen LogP contribution in [0.15, 0.2) is 0 Å². The van der Waals surface area contributed by atoms with Crippen molar-refractivity contribution in [2.75, 3.05) is 6.61 Å². The van der Waals surface area contributed by atoms with E-state index in [1.165, 1.54) is 0 Å². The number of nitrogens with two attached hydrogens (primary N) is 1. The van der Waals surface area contributed by atoms with Crippen LogP contribution in [0.4, 0.5) is 0 Å². The van der Waals surface area contributed by atoms with Crippen molar-refractivity contribution in [3.05, 3.63) is 0 Å². The summed E-state index contributed by atoms with van der Waals surface area (Å²) in [6, 6.07) is -0.164. The average Bonchev–Trinajstić information content (AvgIpc) is 1.83. The van der Waals surface area contributed by atoms with Gasteiger partial charge < -0.3 is 10.8 Å². The summed E-state index contributed by atoms with van der Waals surface area (Å²) in [6.45, 7) is 1.78. The highest BCUT2D eigenvalue weighted by molar-refractivity contribution is 4.97. The molecule has 0 aliphatic heterocycles. The van der Waals surface area contributed by atoms with Crippen LogP contribution < -0.4 is 5.73 Å². The van der Waals surface area contributed by atoms with Gasteiger partial charge in [0.1, 0.15) is 0 Å². The molecule has 0 aliphatic carbocycles. The minimum Gasteiger partial charge on any atom is -0.395 e. The summed E-state index contributed by atoms with van der Waals surface area (Å²) in [5, 5.41) is 8.37. The Balaban J connectivity index is 3.19. The molecule has 0 amide bonds. The Morgan fingerprint density at radius 2 is 2.38 bits per heavy atom. The van der Waals surface area contributed by atoms with Crippen molar-refractivity contribution in [3.63, 3.8) is 0 Å². The molecule has 0 aromatic carbocycles. The highest BCUT2D eigenvalue weighted by Gasteiger charge is 1.93. The van der Waals surface area contributed by atoms with Crippen LogP contribution in [0.5, 0.6) is 0 Å². The van der Waals surface area contributed by atoms with E-state index in [1.807, 2.05) is 0 Å². The summed E-state index contributed by atoms with van der Waals surface area (Å²) in [6.07, 6.45) is 0.590. The topological polar surface area (TPSA) is 46.2 Å². The molecule has 0 heterocycles. The molecular weight excluding hydrogens is 102 g/mol. The van der Waals surface area contributed by atoms with Crippen molar-refractivity contribution in [1.82, 2.24) is 0 Å². The van der Waals surface area contributed by atoms with Gasteiger partial charge in [0.15, 0.2) is 0 Å². The molecule has 0 aliphatic rings. The van der Waals surface area contributed by atoms with Crippen LogP contribution in [0.25, 0.3) is 0 Å². The first-order chi connectivity index (χ1) is 3.81. The molecule has 1 atom stereocenters. The molecule has 0 aromatic heterocycles. The summed E-state index contributed by atoms with van der Waals surface area (Å²) in [5.41, 5.74) is 5.31. The molecule has 0 radical (unpaired) electrons. The number of hydrogen-bond acceptors (Lipinski definition) is 2. The van der Waals surface area contributed by atoms with Gasteiger partial charge >= 0.3 is 0 Å². The van der Waals surface area contributed by atoms with Crippen molar-refractivity contribution in [3.8, 4) is 11.8 Å². The molecule has 0 spiro atoms. The fourth-order valence-corrected chi connectivity index (χ4v) is 0.298. The lowest BCUT2D eigenvalue weighted by atomic mass is 10.2. The zero-order chi connectivity index (χ0) is 6.41. The van der Waals surface area contributed by atoms with Crippen molar-refractivity contribution in [1.29, 1.82) is 0 Å². The average molecular weight is 113 g/mol. The van der Waals surface area contributed by atoms with E-state index in [4.69, 9.17) is 10.8 Å². The van der Waals surface area contributed by atoms with E-state index >= 15 is 0 Å². The monoisotopic (exact) mass is 113 g/mol. The highest BCUT2D eigenvalue weighted by Crippen LogP contribution is 1.81. The van der Waals surface area contributed by atoms with E-state index in [0.29, 0.717) is 6.42 Å². The normalized spacial score (nSPS) is 11.9. The lowest BCUT2D eigenvalue weighted by Gasteiger charge is -1.98. The van der Waals surface area contributed by atoms with Gasteiger partial charge in [-0.05, 0) is 6.92 Å². The zero-order valence-corrected chi connectivity index (χ0v) is 5.02. The molecule has 0 saturated carbocycles. The third kappa shape index (κ3) is 3.66. The molecule has 0 bridgehead atoms. The Hall–Kier alpha value is -0.520. The lowest BCUT2D eigenvalue weighted by molar-refractivity contribution is 0.267. The van der Waals surface area contributed by atoms with Gasteiger partial charge in [0.2, 0.25) is 0 Å². The van der Waals surface area contributed by atoms with Crippen LogP contribution >= 0.6 is 0 Å². The van der Waals surface area contributed by atoms with Crippen LogP contribution in [0, 0.1) is 11.8 Å². The fraction of sp³-hybridized carbons (Fsp3) is 0.667. The molecule has 46 valence electrons. The molecule has 0 fully saturated rings. The standard InChI is InChI=1S/C6H11NO/c1-2-3-4-6(7)5-8/h6,8H,4-5,7H2,1H3/t6-/m0/s1. The van der Waals surface area contributed by atoms with Crippen LogP contribution in [0.3, 0.4) is 0 Å². The Labute approximate surface area is 49.7 Å². The molecule has 2 nitrogen and oxygen atoms in total. The first kappa shape index (κ1) is 7.48. The van der Waals surface area contributed by atoms with E-state index in [0.717, 1.165) is 0 Å².